The molecule has 104 valence electrons. The molecule has 1 N–H and O–H groups in total. The maximum Gasteiger partial charge on any atom is 0.360 e. The summed E-state index contributed by atoms with van der Waals surface area (Å²) in [4.78, 5) is 23.0. The Labute approximate surface area is 127 Å². The summed E-state index contributed by atoms with van der Waals surface area (Å²) in [6.07, 6.45) is 0.519. The molecule has 0 radical (unpaired) electrons. The van der Waals surface area contributed by atoms with Crippen molar-refractivity contribution < 1.29 is 9.90 Å². The highest BCUT2D eigenvalue weighted by molar-refractivity contribution is 9.10. The summed E-state index contributed by atoms with van der Waals surface area (Å²) in [6.45, 7) is 1.86. The zero-order valence-corrected chi connectivity index (χ0v) is 12.8. The second-order valence-corrected chi connectivity index (χ2v) is 5.21. The lowest BCUT2D eigenvalue weighted by atomic mass is 10.2. The molecule has 0 bridgehead atoms. The van der Waals surface area contributed by atoms with Crippen LogP contribution in [0, 0.1) is 0 Å². The topological polar surface area (TPSA) is 72.2 Å². The van der Waals surface area contributed by atoms with Crippen molar-refractivity contribution in [2.75, 3.05) is 0 Å². The molecule has 20 heavy (non-hydrogen) atoms. The van der Waals surface area contributed by atoms with Gasteiger partial charge in [-0.25, -0.2) is 9.48 Å². The number of aromatic carboxylic acids is 1. The van der Waals surface area contributed by atoms with Crippen molar-refractivity contribution in [1.29, 1.82) is 0 Å². The van der Waals surface area contributed by atoms with Gasteiger partial charge >= 0.3 is 5.97 Å². The first-order chi connectivity index (χ1) is 9.45. The molecule has 1 aromatic heterocycles. The third kappa shape index (κ3) is 2.62. The fourth-order valence-corrected chi connectivity index (χ4v) is 2.54. The van der Waals surface area contributed by atoms with Crippen molar-refractivity contribution in [2.24, 2.45) is 0 Å². The normalized spacial score (nSPS) is 10.6. The van der Waals surface area contributed by atoms with Gasteiger partial charge in [-0.2, -0.15) is 5.10 Å². The van der Waals surface area contributed by atoms with Crippen LogP contribution >= 0.6 is 27.5 Å². The first kappa shape index (κ1) is 14.7. The number of benzene rings is 1. The Kier molecular flexibility index (Phi) is 4.25. The SMILES string of the molecule is CCc1c(Br)c(=O)c(C(=O)O)nn1-c1ccc(Cl)cc1. The molecule has 2 rings (SSSR count). The highest BCUT2D eigenvalue weighted by atomic mass is 79.9. The van der Waals surface area contributed by atoms with E-state index in [2.05, 4.69) is 21.0 Å². The van der Waals surface area contributed by atoms with E-state index >= 15 is 0 Å². The van der Waals surface area contributed by atoms with Crippen molar-refractivity contribution in [2.45, 2.75) is 13.3 Å². The smallest absolute Gasteiger partial charge is 0.360 e. The van der Waals surface area contributed by atoms with Gasteiger partial charge in [0.25, 0.3) is 0 Å². The molecule has 0 atom stereocenters. The first-order valence-electron chi connectivity index (χ1n) is 5.76. The van der Waals surface area contributed by atoms with Gasteiger partial charge in [-0.05, 0) is 46.6 Å². The largest absolute Gasteiger partial charge is 0.476 e. The molecule has 0 aliphatic carbocycles. The molecule has 1 aromatic carbocycles. The van der Waals surface area contributed by atoms with Crippen LogP contribution in [0.1, 0.15) is 23.1 Å². The number of nitrogens with zero attached hydrogens (tertiary/aromatic N) is 2. The maximum absolute atomic E-state index is 11.9. The predicted molar refractivity (Wildman–Crippen MR) is 78.9 cm³/mol. The number of rotatable bonds is 3. The van der Waals surface area contributed by atoms with Gasteiger partial charge in [-0.1, -0.05) is 18.5 Å². The molecule has 2 aromatic rings. The summed E-state index contributed by atoms with van der Waals surface area (Å²) in [7, 11) is 0. The van der Waals surface area contributed by atoms with Crippen LogP contribution in [0.5, 0.6) is 0 Å². The van der Waals surface area contributed by atoms with Crippen LogP contribution in [-0.4, -0.2) is 20.9 Å². The first-order valence-corrected chi connectivity index (χ1v) is 6.93. The number of halogens is 2. The average Bonchev–Trinajstić information content (AvgIpc) is 2.42. The van der Waals surface area contributed by atoms with E-state index in [1.54, 1.807) is 24.3 Å². The van der Waals surface area contributed by atoms with E-state index in [4.69, 9.17) is 16.7 Å². The van der Waals surface area contributed by atoms with E-state index in [-0.39, 0.29) is 4.47 Å². The van der Waals surface area contributed by atoms with Crippen molar-refractivity contribution in [3.05, 3.63) is 55.4 Å². The molecule has 0 aliphatic heterocycles. The van der Waals surface area contributed by atoms with Crippen molar-refractivity contribution in [3.8, 4) is 5.69 Å². The highest BCUT2D eigenvalue weighted by Crippen LogP contribution is 2.19. The highest BCUT2D eigenvalue weighted by Gasteiger charge is 2.19. The summed E-state index contributed by atoms with van der Waals surface area (Å²) >= 11 is 8.99. The van der Waals surface area contributed by atoms with Gasteiger partial charge in [0.15, 0.2) is 0 Å². The molecule has 0 saturated carbocycles. The monoisotopic (exact) mass is 356 g/mol. The van der Waals surface area contributed by atoms with Gasteiger partial charge in [0.05, 0.1) is 15.9 Å². The minimum absolute atomic E-state index is 0.211. The summed E-state index contributed by atoms with van der Waals surface area (Å²) in [5.41, 5.74) is 0.0837. The van der Waals surface area contributed by atoms with E-state index in [1.165, 1.54) is 4.68 Å². The molecule has 0 unspecified atom stereocenters. The molecule has 5 nitrogen and oxygen atoms in total. The van der Waals surface area contributed by atoms with Crippen molar-refractivity contribution in [1.82, 2.24) is 9.78 Å². The van der Waals surface area contributed by atoms with Gasteiger partial charge in [-0.3, -0.25) is 4.79 Å². The predicted octanol–water partition coefficient (Wildman–Crippen LogP) is 2.91. The lowest BCUT2D eigenvalue weighted by Crippen LogP contribution is -2.25. The van der Waals surface area contributed by atoms with Gasteiger partial charge < -0.3 is 5.11 Å². The van der Waals surface area contributed by atoms with E-state index in [9.17, 15) is 9.59 Å². The second kappa shape index (κ2) is 5.76. The lowest BCUT2D eigenvalue weighted by molar-refractivity contribution is 0.0686. The standard InChI is InChI=1S/C13H10BrClN2O3/c1-2-9-10(14)12(18)11(13(19)20)16-17(9)8-5-3-7(15)4-6-8/h3-6H,2H2,1H3,(H,19,20). The van der Waals surface area contributed by atoms with Crippen LogP contribution in [0.2, 0.25) is 5.02 Å². The third-order valence-corrected chi connectivity index (χ3v) is 3.80. The molecule has 7 heteroatoms. The molecule has 0 saturated heterocycles. The van der Waals surface area contributed by atoms with E-state index < -0.39 is 17.1 Å². The maximum atomic E-state index is 11.9. The van der Waals surface area contributed by atoms with Gasteiger partial charge in [0.2, 0.25) is 11.1 Å². The minimum atomic E-state index is -1.36. The molecule has 0 amide bonds. The van der Waals surface area contributed by atoms with Crippen LogP contribution in [0.15, 0.2) is 33.5 Å². The number of hydrogen-bond donors (Lipinski definition) is 1. The zero-order chi connectivity index (χ0) is 14.9. The van der Waals surface area contributed by atoms with Crippen LogP contribution in [0.4, 0.5) is 0 Å². The summed E-state index contributed by atoms with van der Waals surface area (Å²) < 4.78 is 1.65. The quantitative estimate of drug-likeness (QED) is 0.917. The fourth-order valence-electron chi connectivity index (χ4n) is 1.77. The average molecular weight is 358 g/mol. The van der Waals surface area contributed by atoms with E-state index in [1.807, 2.05) is 6.92 Å². The Balaban J connectivity index is 2.77. The lowest BCUT2D eigenvalue weighted by Gasteiger charge is -2.13. The molecule has 0 aliphatic rings. The Morgan fingerprint density at radius 1 is 1.40 bits per heavy atom. The van der Waals surface area contributed by atoms with Crippen LogP contribution < -0.4 is 5.43 Å². The molecule has 0 spiro atoms. The Bertz CT molecular complexity index is 726. The number of carboxylic acids is 1. The summed E-state index contributed by atoms with van der Waals surface area (Å²) in [5, 5.41) is 13.5. The number of hydrogen-bond acceptors (Lipinski definition) is 3. The van der Waals surface area contributed by atoms with E-state index in [0.29, 0.717) is 22.8 Å². The number of carboxylic acid groups (broad SMARTS) is 1. The van der Waals surface area contributed by atoms with Crippen LogP contribution in [0.25, 0.3) is 5.69 Å². The molecule has 1 heterocycles. The van der Waals surface area contributed by atoms with Crippen molar-refractivity contribution >= 4 is 33.5 Å². The summed E-state index contributed by atoms with van der Waals surface area (Å²) in [6, 6.07) is 6.75. The van der Waals surface area contributed by atoms with E-state index in [0.717, 1.165) is 0 Å². The molecular formula is C13H10BrClN2O3. The van der Waals surface area contributed by atoms with Gasteiger partial charge in [-0.15, -0.1) is 0 Å². The number of aromatic nitrogens is 2. The summed E-state index contributed by atoms with van der Waals surface area (Å²) in [5.74, 6) is -1.36. The molecule has 0 fully saturated rings. The number of carbonyl (C=O) groups is 1. The van der Waals surface area contributed by atoms with Crippen LogP contribution in [0.3, 0.4) is 0 Å². The minimum Gasteiger partial charge on any atom is -0.476 e. The van der Waals surface area contributed by atoms with Gasteiger partial charge in [0.1, 0.15) is 0 Å². The Morgan fingerprint density at radius 3 is 2.50 bits per heavy atom. The zero-order valence-electron chi connectivity index (χ0n) is 10.4. The Hall–Kier alpha value is -1.66. The molecular weight excluding hydrogens is 348 g/mol. The Morgan fingerprint density at radius 2 is 2.00 bits per heavy atom. The van der Waals surface area contributed by atoms with Crippen molar-refractivity contribution in [3.63, 3.8) is 0 Å². The second-order valence-electron chi connectivity index (χ2n) is 3.99. The third-order valence-electron chi connectivity index (χ3n) is 2.73. The van der Waals surface area contributed by atoms with Crippen LogP contribution in [-0.2, 0) is 6.42 Å². The fraction of sp³-hybridized carbons (Fsp3) is 0.154. The van der Waals surface area contributed by atoms with Gasteiger partial charge in [0, 0.05) is 5.02 Å².